The standard InChI is InChI=1S/C25H31FN2OS/c1-4-20(16-28-14-13-21-8-5-18(2)6-9-21)10-7-19(3)30-17-23-15-22(25(27)29)11-12-24(23)26/h4-12,23,28H,3,13-17H2,1-2H3,(H2,27,29)/b10-7-,20-4+. The molecule has 30 heavy (non-hydrogen) atoms. The molecule has 0 aliphatic heterocycles. The van der Waals surface area contributed by atoms with Crippen molar-refractivity contribution in [3.05, 3.63) is 94.2 Å². The van der Waals surface area contributed by atoms with E-state index < -0.39 is 5.91 Å². The number of nitrogens with two attached hydrogens (primary N) is 1. The Balaban J connectivity index is 1.72. The smallest absolute Gasteiger partial charge is 0.244 e. The molecule has 1 aliphatic rings. The summed E-state index contributed by atoms with van der Waals surface area (Å²) in [5.41, 5.74) is 9.55. The first-order valence-electron chi connectivity index (χ1n) is 10.2. The maximum Gasteiger partial charge on any atom is 0.244 e. The van der Waals surface area contributed by atoms with Crippen molar-refractivity contribution < 1.29 is 9.18 Å². The number of thioether (sulfide) groups is 1. The van der Waals surface area contributed by atoms with Crippen LogP contribution in [-0.2, 0) is 11.2 Å². The Bertz CT molecular complexity index is 866. The van der Waals surface area contributed by atoms with E-state index in [1.54, 1.807) is 0 Å². The van der Waals surface area contributed by atoms with Gasteiger partial charge in [-0.25, -0.2) is 4.39 Å². The van der Waals surface area contributed by atoms with Crippen molar-refractivity contribution in [3.63, 3.8) is 0 Å². The molecule has 3 N–H and O–H groups in total. The lowest BCUT2D eigenvalue weighted by molar-refractivity contribution is -0.114. The van der Waals surface area contributed by atoms with E-state index in [-0.39, 0.29) is 11.7 Å². The van der Waals surface area contributed by atoms with Crippen LogP contribution in [0.4, 0.5) is 4.39 Å². The minimum Gasteiger partial charge on any atom is -0.366 e. The van der Waals surface area contributed by atoms with E-state index >= 15 is 0 Å². The van der Waals surface area contributed by atoms with Gasteiger partial charge in [0.25, 0.3) is 0 Å². The molecule has 0 heterocycles. The monoisotopic (exact) mass is 426 g/mol. The number of amides is 1. The predicted octanol–water partition coefficient (Wildman–Crippen LogP) is 5.16. The number of hydrogen-bond donors (Lipinski definition) is 2. The number of aryl methyl sites for hydroxylation is 1. The molecule has 3 nitrogen and oxygen atoms in total. The summed E-state index contributed by atoms with van der Waals surface area (Å²) in [6.07, 6.45) is 10.2. The van der Waals surface area contributed by atoms with Gasteiger partial charge in [-0.15, -0.1) is 11.8 Å². The maximum absolute atomic E-state index is 14.0. The van der Waals surface area contributed by atoms with E-state index in [9.17, 15) is 9.18 Å². The number of hydrogen-bond acceptors (Lipinski definition) is 3. The molecular weight excluding hydrogens is 395 g/mol. The number of carbonyl (C=O) groups is 1. The van der Waals surface area contributed by atoms with Gasteiger partial charge in [0.1, 0.15) is 5.83 Å². The van der Waals surface area contributed by atoms with Gasteiger partial charge in [0.2, 0.25) is 5.91 Å². The number of allylic oxidation sites excluding steroid dienone is 5. The minimum absolute atomic E-state index is 0.212. The second kappa shape index (κ2) is 12.4. The highest BCUT2D eigenvalue weighted by Gasteiger charge is 2.22. The molecule has 0 aromatic heterocycles. The summed E-state index contributed by atoms with van der Waals surface area (Å²) >= 11 is 1.49. The van der Waals surface area contributed by atoms with Crippen molar-refractivity contribution in [1.82, 2.24) is 5.32 Å². The first kappa shape index (κ1) is 23.9. The van der Waals surface area contributed by atoms with E-state index in [1.165, 1.54) is 40.6 Å². The molecule has 1 unspecified atom stereocenters. The summed E-state index contributed by atoms with van der Waals surface area (Å²) in [6.45, 7) is 9.84. The summed E-state index contributed by atoms with van der Waals surface area (Å²) in [6, 6.07) is 8.61. The number of benzene rings is 1. The quantitative estimate of drug-likeness (QED) is 0.379. The average Bonchev–Trinajstić information content (AvgIpc) is 2.73. The van der Waals surface area contributed by atoms with Crippen LogP contribution in [0.25, 0.3) is 0 Å². The third kappa shape index (κ3) is 8.17. The van der Waals surface area contributed by atoms with Crippen LogP contribution in [0.15, 0.2) is 83.1 Å². The summed E-state index contributed by atoms with van der Waals surface area (Å²) in [5.74, 6) is -0.510. The lowest BCUT2D eigenvalue weighted by Gasteiger charge is -2.18. The highest BCUT2D eigenvalue weighted by molar-refractivity contribution is 8.03. The van der Waals surface area contributed by atoms with Gasteiger partial charge in [-0.2, -0.15) is 0 Å². The first-order chi connectivity index (χ1) is 14.4. The number of primary amides is 1. The Labute approximate surface area is 183 Å². The molecule has 160 valence electrons. The van der Waals surface area contributed by atoms with Gasteiger partial charge in [-0.1, -0.05) is 54.6 Å². The molecule has 1 amide bonds. The summed E-state index contributed by atoms with van der Waals surface area (Å²) in [4.78, 5) is 12.2. The number of halogens is 1. The lowest BCUT2D eigenvalue weighted by Crippen LogP contribution is -2.20. The number of rotatable bonds is 11. The third-order valence-electron chi connectivity index (χ3n) is 4.98. The van der Waals surface area contributed by atoms with E-state index in [1.807, 2.05) is 19.1 Å². The Kier molecular flexibility index (Phi) is 9.84. The second-order valence-corrected chi connectivity index (χ2v) is 8.54. The van der Waals surface area contributed by atoms with Crippen LogP contribution in [0.5, 0.6) is 0 Å². The van der Waals surface area contributed by atoms with Gasteiger partial charge in [0.15, 0.2) is 0 Å². The molecular formula is C25H31FN2OS. The van der Waals surface area contributed by atoms with Crippen molar-refractivity contribution >= 4 is 17.7 Å². The zero-order chi connectivity index (χ0) is 21.9. The third-order valence-corrected chi connectivity index (χ3v) is 6.06. The number of nitrogens with one attached hydrogen (secondary N) is 1. The van der Waals surface area contributed by atoms with E-state index in [2.05, 4.69) is 49.2 Å². The van der Waals surface area contributed by atoms with Crippen molar-refractivity contribution in [3.8, 4) is 0 Å². The molecule has 0 spiro atoms. The molecule has 0 saturated carbocycles. The fourth-order valence-electron chi connectivity index (χ4n) is 3.00. The van der Waals surface area contributed by atoms with Gasteiger partial charge < -0.3 is 11.1 Å². The van der Waals surface area contributed by atoms with Crippen LogP contribution >= 0.6 is 11.8 Å². The average molecular weight is 427 g/mol. The highest BCUT2D eigenvalue weighted by atomic mass is 32.2. The van der Waals surface area contributed by atoms with Gasteiger partial charge in [0, 0.05) is 28.7 Å². The Morgan fingerprint density at radius 1 is 1.30 bits per heavy atom. The summed E-state index contributed by atoms with van der Waals surface area (Å²) < 4.78 is 14.0. The van der Waals surface area contributed by atoms with Crippen molar-refractivity contribution in [2.75, 3.05) is 18.8 Å². The molecule has 1 aliphatic carbocycles. The minimum atomic E-state index is -0.486. The molecule has 1 aromatic carbocycles. The predicted molar refractivity (Wildman–Crippen MR) is 127 cm³/mol. The van der Waals surface area contributed by atoms with Crippen molar-refractivity contribution in [2.24, 2.45) is 11.7 Å². The van der Waals surface area contributed by atoms with Gasteiger partial charge in [-0.05, 0) is 56.5 Å². The lowest BCUT2D eigenvalue weighted by atomic mass is 9.94. The van der Waals surface area contributed by atoms with Gasteiger partial charge in [-0.3, -0.25) is 4.79 Å². The second-order valence-electron chi connectivity index (χ2n) is 7.40. The van der Waals surface area contributed by atoms with E-state index in [4.69, 9.17) is 5.73 Å². The fraction of sp³-hybridized carbons (Fsp3) is 0.320. The van der Waals surface area contributed by atoms with Crippen molar-refractivity contribution in [1.29, 1.82) is 0 Å². The Morgan fingerprint density at radius 2 is 2.03 bits per heavy atom. The summed E-state index contributed by atoms with van der Waals surface area (Å²) in [5, 5.41) is 3.47. The summed E-state index contributed by atoms with van der Waals surface area (Å²) in [7, 11) is 0. The SMILES string of the molecule is C=C(/C=C\C(=C/C)CNCCc1ccc(C)cc1)SCC1CC(C(N)=O)=CC=C1F. The normalized spacial score (nSPS) is 17.0. The Hall–Kier alpha value is -2.37. The molecule has 2 rings (SSSR count). The molecule has 1 aromatic rings. The first-order valence-corrected chi connectivity index (χ1v) is 11.1. The zero-order valence-corrected chi connectivity index (χ0v) is 18.6. The van der Waals surface area contributed by atoms with Crippen LogP contribution in [0.1, 0.15) is 24.5 Å². The molecule has 0 bridgehead atoms. The van der Waals surface area contributed by atoms with Crippen LogP contribution in [-0.4, -0.2) is 24.7 Å². The Morgan fingerprint density at radius 3 is 2.70 bits per heavy atom. The van der Waals surface area contributed by atoms with Crippen LogP contribution in [0.2, 0.25) is 0 Å². The zero-order valence-electron chi connectivity index (χ0n) is 17.8. The molecule has 0 radical (unpaired) electrons. The maximum atomic E-state index is 14.0. The topological polar surface area (TPSA) is 55.1 Å². The van der Waals surface area contributed by atoms with Crippen LogP contribution < -0.4 is 11.1 Å². The van der Waals surface area contributed by atoms with Gasteiger partial charge in [0.05, 0.1) is 0 Å². The van der Waals surface area contributed by atoms with Crippen molar-refractivity contribution in [2.45, 2.75) is 26.7 Å². The van der Waals surface area contributed by atoms with Gasteiger partial charge >= 0.3 is 0 Å². The van der Waals surface area contributed by atoms with E-state index in [0.29, 0.717) is 17.7 Å². The molecule has 0 saturated heterocycles. The van der Waals surface area contributed by atoms with E-state index in [0.717, 1.165) is 24.4 Å². The fourth-order valence-corrected chi connectivity index (χ4v) is 3.86. The molecule has 5 heteroatoms. The highest BCUT2D eigenvalue weighted by Crippen LogP contribution is 2.31. The van der Waals surface area contributed by atoms with Crippen LogP contribution in [0.3, 0.4) is 0 Å². The largest absolute Gasteiger partial charge is 0.366 e. The van der Waals surface area contributed by atoms with Crippen LogP contribution in [0, 0.1) is 12.8 Å². The molecule has 0 fully saturated rings. The molecule has 1 atom stereocenters. The number of carbonyl (C=O) groups excluding carboxylic acids is 1.